The molecular formula is C42H38N2. The van der Waals surface area contributed by atoms with Crippen LogP contribution in [0.4, 0.5) is 0 Å². The highest BCUT2D eigenvalue weighted by Gasteiger charge is 2.22. The molecule has 2 nitrogen and oxygen atoms in total. The third kappa shape index (κ3) is 3.80. The van der Waals surface area contributed by atoms with Gasteiger partial charge in [0.2, 0.25) is 0 Å². The van der Waals surface area contributed by atoms with E-state index in [2.05, 4.69) is 160 Å². The minimum absolute atomic E-state index is 0.374. The summed E-state index contributed by atoms with van der Waals surface area (Å²) >= 11 is 0. The first-order chi connectivity index (χ1) is 21.3. The van der Waals surface area contributed by atoms with Crippen LogP contribution in [0.1, 0.15) is 56.3 Å². The molecule has 216 valence electrons. The summed E-state index contributed by atoms with van der Waals surface area (Å²) in [6.45, 7) is 13.7. The Labute approximate surface area is 259 Å². The number of aromatic nitrogens is 2. The van der Waals surface area contributed by atoms with Crippen LogP contribution in [0.3, 0.4) is 0 Å². The second-order valence-corrected chi connectivity index (χ2v) is 13.1. The van der Waals surface area contributed by atoms with Crippen LogP contribution < -0.4 is 0 Å². The van der Waals surface area contributed by atoms with Crippen molar-refractivity contribution in [3.05, 3.63) is 126 Å². The summed E-state index contributed by atoms with van der Waals surface area (Å²) in [7, 11) is 0. The average molecular weight is 571 g/mol. The Morgan fingerprint density at radius 1 is 0.523 bits per heavy atom. The van der Waals surface area contributed by atoms with E-state index in [9.17, 15) is 0 Å². The quantitative estimate of drug-likeness (QED) is 0.199. The van der Waals surface area contributed by atoms with E-state index in [1.807, 2.05) is 0 Å². The summed E-state index contributed by atoms with van der Waals surface area (Å²) in [6.07, 6.45) is 0. The Morgan fingerprint density at radius 3 is 1.93 bits per heavy atom. The molecule has 0 saturated carbocycles. The van der Waals surface area contributed by atoms with E-state index in [0.717, 1.165) is 0 Å². The van der Waals surface area contributed by atoms with Crippen molar-refractivity contribution >= 4 is 54.4 Å². The number of hydrogen-bond acceptors (Lipinski definition) is 0. The molecule has 8 aromatic rings. The van der Waals surface area contributed by atoms with Gasteiger partial charge in [0.15, 0.2) is 0 Å². The van der Waals surface area contributed by atoms with Crippen molar-refractivity contribution in [2.24, 2.45) is 0 Å². The highest BCUT2D eigenvalue weighted by molar-refractivity contribution is 6.23. The van der Waals surface area contributed by atoms with Crippen LogP contribution >= 0.6 is 0 Å². The molecule has 0 fully saturated rings. The van der Waals surface area contributed by atoms with Crippen molar-refractivity contribution in [3.8, 4) is 16.8 Å². The zero-order chi connectivity index (χ0) is 30.3. The molecule has 6 aromatic carbocycles. The summed E-state index contributed by atoms with van der Waals surface area (Å²) in [4.78, 5) is 0. The Morgan fingerprint density at radius 2 is 1.18 bits per heavy atom. The van der Waals surface area contributed by atoms with E-state index in [1.54, 1.807) is 0 Å². The lowest BCUT2D eigenvalue weighted by Gasteiger charge is -2.18. The Hall–Kier alpha value is -4.82. The first-order valence-corrected chi connectivity index (χ1v) is 15.9. The van der Waals surface area contributed by atoms with Gasteiger partial charge in [-0.25, -0.2) is 0 Å². The number of benzene rings is 6. The van der Waals surface area contributed by atoms with Gasteiger partial charge < -0.3 is 9.13 Å². The third-order valence-electron chi connectivity index (χ3n) is 9.65. The van der Waals surface area contributed by atoms with Crippen LogP contribution in [0, 0.1) is 13.8 Å². The first-order valence-electron chi connectivity index (χ1n) is 15.9. The molecule has 0 amide bonds. The molecule has 0 N–H and O–H groups in total. The lowest BCUT2D eigenvalue weighted by Crippen LogP contribution is -2.01. The molecule has 2 heteroatoms. The van der Waals surface area contributed by atoms with Crippen LogP contribution in [0.2, 0.25) is 0 Å². The molecule has 0 unspecified atom stereocenters. The molecule has 0 bridgehead atoms. The van der Waals surface area contributed by atoms with Crippen LogP contribution in [-0.4, -0.2) is 9.13 Å². The van der Waals surface area contributed by atoms with E-state index >= 15 is 0 Å². The van der Waals surface area contributed by atoms with Crippen molar-refractivity contribution in [1.82, 2.24) is 9.13 Å². The zero-order valence-electron chi connectivity index (χ0n) is 26.4. The number of para-hydroxylation sites is 2. The maximum atomic E-state index is 2.51. The smallest absolute Gasteiger partial charge is 0.0553 e. The first kappa shape index (κ1) is 26.8. The maximum Gasteiger partial charge on any atom is 0.0553 e. The Bertz CT molecular complexity index is 2410. The van der Waals surface area contributed by atoms with Gasteiger partial charge in [0.25, 0.3) is 0 Å². The van der Waals surface area contributed by atoms with E-state index in [4.69, 9.17) is 0 Å². The van der Waals surface area contributed by atoms with Gasteiger partial charge in [-0.05, 0) is 109 Å². The summed E-state index contributed by atoms with van der Waals surface area (Å²) in [5.41, 5.74) is 13.0. The molecule has 8 rings (SSSR count). The fraction of sp³-hybridized carbons (Fsp3) is 0.190. The monoisotopic (exact) mass is 570 g/mol. The van der Waals surface area contributed by atoms with Crippen LogP contribution in [0.5, 0.6) is 0 Å². The van der Waals surface area contributed by atoms with E-state index < -0.39 is 0 Å². The molecule has 0 atom stereocenters. The molecule has 0 aliphatic heterocycles. The number of aryl methyl sites for hydroxylation is 2. The molecular weight excluding hydrogens is 532 g/mol. The van der Waals surface area contributed by atoms with Gasteiger partial charge in [-0.2, -0.15) is 0 Å². The van der Waals surface area contributed by atoms with Crippen molar-refractivity contribution in [1.29, 1.82) is 0 Å². The second kappa shape index (κ2) is 9.86. The molecule has 0 spiro atoms. The van der Waals surface area contributed by atoms with Gasteiger partial charge >= 0.3 is 0 Å². The molecule has 2 heterocycles. The van der Waals surface area contributed by atoms with Gasteiger partial charge in [-0.3, -0.25) is 0 Å². The van der Waals surface area contributed by atoms with E-state index in [0.29, 0.717) is 12.0 Å². The summed E-state index contributed by atoms with van der Waals surface area (Å²) < 4.78 is 4.99. The fourth-order valence-electron chi connectivity index (χ4n) is 7.75. The van der Waals surface area contributed by atoms with E-state index in [-0.39, 0.29) is 0 Å². The normalized spacial score (nSPS) is 12.3. The Kier molecular flexibility index (Phi) is 6.00. The van der Waals surface area contributed by atoms with E-state index in [1.165, 1.54) is 87.9 Å². The number of rotatable bonds is 4. The SMILES string of the molecule is Cc1cc(-n2c3ccccc3c3c(-c4ccc5c(c4)c4ccccc4n5C(C)C)c4ccccc4cc32)c(C)cc1C(C)C. The van der Waals surface area contributed by atoms with Crippen LogP contribution in [0.15, 0.2) is 109 Å². The highest BCUT2D eigenvalue weighted by Crippen LogP contribution is 2.45. The van der Waals surface area contributed by atoms with Crippen molar-refractivity contribution in [2.45, 2.75) is 53.5 Å². The standard InChI is InChI=1S/C42H38N2/c1-25(2)34-21-28(6)39(22-27(34)5)44-37-18-12-10-16-33(37)42-40(44)24-29-13-7-8-14-31(29)41(42)30-19-20-38-35(23-30)32-15-9-11-17-36(32)43(38)26(3)4/h7-26H,1-6H3. The predicted molar refractivity (Wildman–Crippen MR) is 191 cm³/mol. The van der Waals surface area contributed by atoms with Crippen LogP contribution in [-0.2, 0) is 0 Å². The van der Waals surface area contributed by atoms with Crippen molar-refractivity contribution in [2.75, 3.05) is 0 Å². The van der Waals surface area contributed by atoms with Crippen molar-refractivity contribution in [3.63, 3.8) is 0 Å². The number of fused-ring (bicyclic) bond motifs is 7. The van der Waals surface area contributed by atoms with Gasteiger partial charge in [-0.1, -0.05) is 86.6 Å². The molecule has 0 aliphatic carbocycles. The third-order valence-corrected chi connectivity index (χ3v) is 9.65. The number of hydrogen-bond donors (Lipinski definition) is 0. The van der Waals surface area contributed by atoms with Gasteiger partial charge in [-0.15, -0.1) is 0 Å². The highest BCUT2D eigenvalue weighted by atomic mass is 15.0. The second-order valence-electron chi connectivity index (χ2n) is 13.1. The summed E-state index contributed by atoms with van der Waals surface area (Å²) in [5, 5.41) is 7.78. The largest absolute Gasteiger partial charge is 0.338 e. The molecule has 2 aromatic heterocycles. The van der Waals surface area contributed by atoms with Gasteiger partial charge in [0.1, 0.15) is 0 Å². The lowest BCUT2D eigenvalue weighted by molar-refractivity contribution is 0.642. The molecule has 0 saturated heterocycles. The zero-order valence-corrected chi connectivity index (χ0v) is 26.4. The topological polar surface area (TPSA) is 9.86 Å². The van der Waals surface area contributed by atoms with Crippen LogP contribution in [0.25, 0.3) is 71.2 Å². The average Bonchev–Trinajstić information content (AvgIpc) is 3.53. The number of nitrogens with zero attached hydrogens (tertiary/aromatic N) is 2. The lowest BCUT2D eigenvalue weighted by atomic mass is 9.92. The molecule has 0 radical (unpaired) electrons. The van der Waals surface area contributed by atoms with Crippen molar-refractivity contribution < 1.29 is 0 Å². The minimum Gasteiger partial charge on any atom is -0.338 e. The summed E-state index contributed by atoms with van der Waals surface area (Å²) in [5.74, 6) is 0.494. The fourth-order valence-corrected chi connectivity index (χ4v) is 7.75. The minimum atomic E-state index is 0.374. The maximum absolute atomic E-state index is 2.51. The molecule has 44 heavy (non-hydrogen) atoms. The van der Waals surface area contributed by atoms with Gasteiger partial charge in [0.05, 0.1) is 11.0 Å². The van der Waals surface area contributed by atoms with Gasteiger partial charge in [0, 0.05) is 44.3 Å². The predicted octanol–water partition coefficient (Wildman–Crippen LogP) is 12.0. The summed E-state index contributed by atoms with van der Waals surface area (Å²) in [6, 6.07) is 41.4. The Balaban J connectivity index is 1.53. The molecule has 0 aliphatic rings.